The minimum absolute atomic E-state index is 0.105. The van der Waals surface area contributed by atoms with Crippen molar-refractivity contribution in [3.8, 4) is 6.07 Å². The SMILES string of the molecule is CC(C)C[C@@H](C#N)NC(=O)[C@@H]1CCCC[C@@H]1NC(=O)c1cc2ccccc2n1CCCC1CC[N+](C)(C)CC1. The Kier molecular flexibility index (Phi) is 9.71. The third-order valence-corrected chi connectivity index (χ3v) is 8.92. The molecule has 1 saturated carbocycles. The van der Waals surface area contributed by atoms with Crippen molar-refractivity contribution in [2.45, 2.75) is 90.3 Å². The van der Waals surface area contributed by atoms with Crippen LogP contribution >= 0.6 is 0 Å². The average molecular weight is 535 g/mol. The number of amides is 2. The standard InChI is InChI=1S/C32H47N5O2/c1-23(2)20-26(22-33)34-31(38)27-12-6-7-13-28(27)35-32(39)30-21-25-11-5-8-14-29(25)36(30)17-9-10-24-15-18-37(3,4)19-16-24/h5,8,11,14,21,23-24,26-28H,6-7,9-10,12-13,15-20H2,1-4H3,(H-,34,35,38,39)/p+1/t26-,27+,28-/m0/s1. The topological polar surface area (TPSA) is 86.9 Å². The van der Waals surface area contributed by atoms with Crippen molar-refractivity contribution in [3.63, 3.8) is 0 Å². The first kappa shape index (κ1) is 29.1. The first-order valence-electron chi connectivity index (χ1n) is 15.1. The Morgan fingerprint density at radius 1 is 1.10 bits per heavy atom. The zero-order chi connectivity index (χ0) is 28.0. The number of fused-ring (bicyclic) bond motifs is 1. The fourth-order valence-electron chi connectivity index (χ4n) is 6.54. The summed E-state index contributed by atoms with van der Waals surface area (Å²) in [6.07, 6.45) is 8.89. The Morgan fingerprint density at radius 2 is 1.82 bits per heavy atom. The number of aromatic nitrogens is 1. The summed E-state index contributed by atoms with van der Waals surface area (Å²) in [5.41, 5.74) is 1.77. The predicted molar refractivity (Wildman–Crippen MR) is 156 cm³/mol. The number of hydrogen-bond acceptors (Lipinski definition) is 3. The molecule has 7 nitrogen and oxygen atoms in total. The van der Waals surface area contributed by atoms with Gasteiger partial charge in [-0.15, -0.1) is 0 Å². The van der Waals surface area contributed by atoms with E-state index in [1.807, 2.05) is 32.0 Å². The Bertz CT molecular complexity index is 1170. The number of carbonyl (C=O) groups is 2. The number of rotatable bonds is 10. The van der Waals surface area contributed by atoms with Gasteiger partial charge in [-0.05, 0) is 68.9 Å². The average Bonchev–Trinajstić information content (AvgIpc) is 3.28. The van der Waals surface area contributed by atoms with E-state index in [-0.39, 0.29) is 23.8 Å². The van der Waals surface area contributed by atoms with Gasteiger partial charge in [-0.1, -0.05) is 44.9 Å². The summed E-state index contributed by atoms with van der Waals surface area (Å²) < 4.78 is 3.30. The van der Waals surface area contributed by atoms with Gasteiger partial charge in [0, 0.05) is 23.5 Å². The van der Waals surface area contributed by atoms with Crippen LogP contribution in [-0.4, -0.2) is 60.1 Å². The smallest absolute Gasteiger partial charge is 0.268 e. The highest BCUT2D eigenvalue weighted by Gasteiger charge is 2.34. The number of nitrogens with one attached hydrogen (secondary N) is 2. The largest absolute Gasteiger partial charge is 0.347 e. The van der Waals surface area contributed by atoms with Gasteiger partial charge in [-0.3, -0.25) is 9.59 Å². The van der Waals surface area contributed by atoms with Crippen LogP contribution in [-0.2, 0) is 11.3 Å². The lowest BCUT2D eigenvalue weighted by Gasteiger charge is -2.37. The van der Waals surface area contributed by atoms with E-state index in [1.54, 1.807) is 0 Å². The second kappa shape index (κ2) is 13.0. The normalized spacial score (nSPS) is 22.4. The van der Waals surface area contributed by atoms with E-state index in [9.17, 15) is 14.9 Å². The maximum absolute atomic E-state index is 13.7. The fraction of sp³-hybridized carbons (Fsp3) is 0.656. The van der Waals surface area contributed by atoms with Gasteiger partial charge in [0.1, 0.15) is 11.7 Å². The van der Waals surface area contributed by atoms with Crippen molar-refractivity contribution in [2.75, 3.05) is 27.2 Å². The molecule has 2 aromatic rings. The number of nitriles is 1. The highest BCUT2D eigenvalue weighted by Crippen LogP contribution is 2.28. The van der Waals surface area contributed by atoms with Crippen LogP contribution < -0.4 is 10.6 Å². The Labute approximate surface area is 234 Å². The van der Waals surface area contributed by atoms with E-state index in [4.69, 9.17) is 0 Å². The predicted octanol–water partition coefficient (Wildman–Crippen LogP) is 5.25. The summed E-state index contributed by atoms with van der Waals surface area (Å²) in [5.74, 6) is 0.568. The van der Waals surface area contributed by atoms with Gasteiger partial charge in [0.25, 0.3) is 5.91 Å². The fourth-order valence-corrected chi connectivity index (χ4v) is 6.54. The molecule has 0 unspecified atom stereocenters. The Morgan fingerprint density at radius 3 is 2.54 bits per heavy atom. The van der Waals surface area contributed by atoms with Crippen LogP contribution in [0.3, 0.4) is 0 Å². The Balaban J connectivity index is 1.44. The zero-order valence-electron chi connectivity index (χ0n) is 24.4. The number of hydrogen-bond donors (Lipinski definition) is 2. The van der Waals surface area contributed by atoms with Gasteiger partial charge in [-0.25, -0.2) is 0 Å². The second-order valence-electron chi connectivity index (χ2n) is 13.0. The number of likely N-dealkylation sites (tertiary alicyclic amines) is 1. The molecular formula is C32H48N5O2+. The van der Waals surface area contributed by atoms with Crippen molar-refractivity contribution >= 4 is 22.7 Å². The van der Waals surface area contributed by atoms with Crippen molar-refractivity contribution in [1.82, 2.24) is 15.2 Å². The van der Waals surface area contributed by atoms with Gasteiger partial charge in [0.2, 0.25) is 5.91 Å². The second-order valence-corrected chi connectivity index (χ2v) is 13.0. The van der Waals surface area contributed by atoms with Crippen LogP contribution in [0.15, 0.2) is 30.3 Å². The molecular weight excluding hydrogens is 486 g/mol. The molecule has 0 bridgehead atoms. The molecule has 1 aromatic carbocycles. The molecule has 2 heterocycles. The number of quaternary nitrogens is 1. The van der Waals surface area contributed by atoms with Gasteiger partial charge in [-0.2, -0.15) is 5.26 Å². The molecule has 2 aliphatic rings. The van der Waals surface area contributed by atoms with E-state index >= 15 is 0 Å². The molecule has 39 heavy (non-hydrogen) atoms. The molecule has 212 valence electrons. The molecule has 1 saturated heterocycles. The summed E-state index contributed by atoms with van der Waals surface area (Å²) in [5, 5.41) is 16.8. The summed E-state index contributed by atoms with van der Waals surface area (Å²) in [6, 6.07) is 11.7. The van der Waals surface area contributed by atoms with Gasteiger partial charge < -0.3 is 19.7 Å². The summed E-state index contributed by atoms with van der Waals surface area (Å²) in [7, 11) is 4.64. The van der Waals surface area contributed by atoms with E-state index < -0.39 is 6.04 Å². The molecule has 0 radical (unpaired) electrons. The zero-order valence-corrected chi connectivity index (χ0v) is 24.4. The Hall–Kier alpha value is -2.85. The molecule has 1 aromatic heterocycles. The minimum Gasteiger partial charge on any atom is -0.347 e. The molecule has 2 N–H and O–H groups in total. The lowest BCUT2D eigenvalue weighted by atomic mass is 9.83. The highest BCUT2D eigenvalue weighted by molar-refractivity contribution is 5.99. The first-order chi connectivity index (χ1) is 18.7. The van der Waals surface area contributed by atoms with Crippen molar-refractivity contribution in [1.29, 1.82) is 5.26 Å². The number of piperidine rings is 1. The number of aryl methyl sites for hydroxylation is 1. The van der Waals surface area contributed by atoms with E-state index in [1.165, 1.54) is 32.4 Å². The van der Waals surface area contributed by atoms with Crippen LogP contribution in [0, 0.1) is 29.1 Å². The molecule has 1 aliphatic heterocycles. The van der Waals surface area contributed by atoms with E-state index in [0.29, 0.717) is 18.0 Å². The van der Waals surface area contributed by atoms with Crippen LogP contribution in [0.4, 0.5) is 0 Å². The van der Waals surface area contributed by atoms with Crippen molar-refractivity contribution < 1.29 is 14.1 Å². The molecule has 7 heteroatoms. The molecule has 3 atom stereocenters. The van der Waals surface area contributed by atoms with Crippen molar-refractivity contribution in [2.24, 2.45) is 17.8 Å². The number of nitrogens with zero attached hydrogens (tertiary/aromatic N) is 3. The number of carbonyl (C=O) groups excluding carboxylic acids is 2. The van der Waals surface area contributed by atoms with E-state index in [0.717, 1.165) is 60.0 Å². The monoisotopic (exact) mass is 534 g/mol. The molecule has 0 spiro atoms. The van der Waals surface area contributed by atoms with Crippen LogP contribution in [0.5, 0.6) is 0 Å². The van der Waals surface area contributed by atoms with Gasteiger partial charge in [0.05, 0.1) is 39.2 Å². The molecule has 2 amide bonds. The van der Waals surface area contributed by atoms with Gasteiger partial charge >= 0.3 is 0 Å². The number of para-hydroxylation sites is 1. The first-order valence-corrected chi connectivity index (χ1v) is 15.1. The van der Waals surface area contributed by atoms with Crippen LogP contribution in [0.25, 0.3) is 10.9 Å². The quantitative estimate of drug-likeness (QED) is 0.408. The minimum atomic E-state index is -0.493. The van der Waals surface area contributed by atoms with Crippen molar-refractivity contribution in [3.05, 3.63) is 36.0 Å². The summed E-state index contributed by atoms with van der Waals surface area (Å²) in [4.78, 5) is 26.9. The highest BCUT2D eigenvalue weighted by atomic mass is 16.2. The van der Waals surface area contributed by atoms with Gasteiger partial charge in [0.15, 0.2) is 0 Å². The lowest BCUT2D eigenvalue weighted by Crippen LogP contribution is -2.50. The third-order valence-electron chi connectivity index (χ3n) is 8.92. The van der Waals surface area contributed by atoms with Crippen LogP contribution in [0.1, 0.15) is 82.1 Å². The lowest BCUT2D eigenvalue weighted by molar-refractivity contribution is -0.896. The number of benzene rings is 1. The summed E-state index contributed by atoms with van der Waals surface area (Å²) >= 11 is 0. The van der Waals surface area contributed by atoms with E-state index in [2.05, 4.69) is 47.5 Å². The maximum Gasteiger partial charge on any atom is 0.268 e. The molecule has 4 rings (SSSR count). The van der Waals surface area contributed by atoms with Crippen LogP contribution in [0.2, 0.25) is 0 Å². The molecule has 1 aliphatic carbocycles. The maximum atomic E-state index is 13.7. The summed E-state index contributed by atoms with van der Waals surface area (Å²) in [6.45, 7) is 7.41. The molecule has 2 fully saturated rings. The third kappa shape index (κ3) is 7.63.